The van der Waals surface area contributed by atoms with Gasteiger partial charge in [0, 0.05) is 11.3 Å². The summed E-state index contributed by atoms with van der Waals surface area (Å²) in [5.74, 6) is -9.47. The van der Waals surface area contributed by atoms with Crippen LogP contribution < -0.4 is 5.32 Å². The third-order valence-corrected chi connectivity index (χ3v) is 4.42. The van der Waals surface area contributed by atoms with Gasteiger partial charge in [0.25, 0.3) is 0 Å². The van der Waals surface area contributed by atoms with E-state index >= 15 is 0 Å². The Morgan fingerprint density at radius 3 is 1.88 bits per heavy atom. The third kappa shape index (κ3) is 6.61. The molecule has 0 heterocycles. The Kier molecular flexibility index (Phi) is 7.89. The fourth-order valence-corrected chi connectivity index (χ4v) is 2.05. The van der Waals surface area contributed by atoms with Crippen LogP contribution in [0.3, 0.4) is 0 Å². The molecule has 1 aromatic rings. The highest BCUT2D eigenvalue weighted by molar-refractivity contribution is 7.86. The summed E-state index contributed by atoms with van der Waals surface area (Å²) in [6.07, 6.45) is -11.0. The van der Waals surface area contributed by atoms with Gasteiger partial charge in [-0.05, 0) is 31.2 Å². The largest absolute Gasteiger partial charge is 0.466 e. The number of nitrogens with one attached hydrogen (secondary N) is 1. The van der Waals surface area contributed by atoms with Gasteiger partial charge in [0.15, 0.2) is 0 Å². The molecule has 0 fully saturated rings. The van der Waals surface area contributed by atoms with E-state index in [1.807, 2.05) is 0 Å². The van der Waals surface area contributed by atoms with Gasteiger partial charge in [-0.15, -0.1) is 0 Å². The molecule has 186 valence electrons. The van der Waals surface area contributed by atoms with Crippen molar-refractivity contribution in [2.24, 2.45) is 0 Å². The van der Waals surface area contributed by atoms with Crippen LogP contribution in [0.1, 0.15) is 12.5 Å². The molecule has 1 rings (SSSR count). The lowest BCUT2D eigenvalue weighted by molar-refractivity contribution is -0.350. The molecule has 0 radical (unpaired) electrons. The number of esters is 1. The molecule has 0 bridgehead atoms. The van der Waals surface area contributed by atoms with Crippen LogP contribution in [0.5, 0.6) is 0 Å². The Morgan fingerprint density at radius 1 is 1.03 bits per heavy atom. The van der Waals surface area contributed by atoms with E-state index in [-0.39, 0.29) is 0 Å². The number of rotatable bonds is 8. The molecule has 17 heteroatoms. The van der Waals surface area contributed by atoms with E-state index in [0.29, 0.717) is 24.3 Å². The molecule has 1 atom stereocenters. The molecule has 1 unspecified atom stereocenters. The topological polar surface area (TPSA) is 119 Å². The van der Waals surface area contributed by atoms with Gasteiger partial charge < -0.3 is 14.8 Å². The van der Waals surface area contributed by atoms with Crippen molar-refractivity contribution < 1.29 is 67.2 Å². The average Bonchev–Trinajstić information content (AvgIpc) is 2.62. The lowest BCUT2D eigenvalue weighted by Gasteiger charge is -2.33. The standard InChI is InChI=1S/C16H13F8NO7S/c1-8(2)11(26)32-14(16(22,23)24,31-7-13(17,18)33(28,29)30)12(27)25-10-5-3-9(4-6-10)15(19,20)21/h3-6H,1,7H2,2H3,(H,25,27)(H,28,29,30). The molecule has 0 aromatic heterocycles. The summed E-state index contributed by atoms with van der Waals surface area (Å²) in [4.78, 5) is 24.0. The first-order valence-electron chi connectivity index (χ1n) is 8.07. The van der Waals surface area contributed by atoms with Crippen molar-refractivity contribution in [3.05, 3.63) is 42.0 Å². The summed E-state index contributed by atoms with van der Waals surface area (Å²) in [5, 5.41) is -4.02. The van der Waals surface area contributed by atoms with Crippen LogP contribution in [-0.4, -0.2) is 48.7 Å². The number of hydrogen-bond donors (Lipinski definition) is 2. The van der Waals surface area contributed by atoms with Gasteiger partial charge in [0.05, 0.1) is 5.56 Å². The first kappa shape index (κ1) is 28.2. The zero-order chi connectivity index (χ0) is 26.0. The maximum absolute atomic E-state index is 13.7. The third-order valence-electron chi connectivity index (χ3n) is 3.55. The van der Waals surface area contributed by atoms with Crippen molar-refractivity contribution in [1.82, 2.24) is 0 Å². The minimum atomic E-state index is -6.34. The molecule has 1 amide bonds. The smallest absolute Gasteiger partial charge is 0.412 e. The fourth-order valence-electron chi connectivity index (χ4n) is 1.84. The summed E-state index contributed by atoms with van der Waals surface area (Å²) >= 11 is 0. The van der Waals surface area contributed by atoms with E-state index in [4.69, 9.17) is 4.55 Å². The van der Waals surface area contributed by atoms with Crippen molar-refractivity contribution in [1.29, 1.82) is 0 Å². The lowest BCUT2D eigenvalue weighted by atomic mass is 10.1. The van der Waals surface area contributed by atoms with Crippen LogP contribution in [0.25, 0.3) is 0 Å². The average molecular weight is 515 g/mol. The number of amides is 1. The molecular formula is C16H13F8NO7S. The molecule has 0 saturated heterocycles. The number of hydrogen-bond acceptors (Lipinski definition) is 6. The van der Waals surface area contributed by atoms with Crippen molar-refractivity contribution in [3.8, 4) is 0 Å². The molecule has 33 heavy (non-hydrogen) atoms. The number of carbonyl (C=O) groups excluding carboxylic acids is 2. The van der Waals surface area contributed by atoms with E-state index < -0.39 is 68.8 Å². The van der Waals surface area contributed by atoms with Crippen molar-refractivity contribution in [2.75, 3.05) is 11.9 Å². The summed E-state index contributed by atoms with van der Waals surface area (Å²) in [7, 11) is -6.34. The van der Waals surface area contributed by atoms with Crippen LogP contribution in [0.15, 0.2) is 36.4 Å². The molecule has 8 nitrogen and oxygen atoms in total. The Hall–Kier alpha value is -2.79. The Bertz CT molecular complexity index is 1020. The minimum absolute atomic E-state index is 0.345. The molecule has 0 aliphatic carbocycles. The van der Waals surface area contributed by atoms with Crippen LogP contribution in [0.2, 0.25) is 0 Å². The van der Waals surface area contributed by atoms with Gasteiger partial charge in [-0.1, -0.05) is 6.58 Å². The molecule has 1 aromatic carbocycles. The molecule has 0 saturated carbocycles. The maximum Gasteiger partial charge on any atom is 0.466 e. The second-order valence-corrected chi connectivity index (χ2v) is 7.76. The number of anilines is 1. The lowest BCUT2D eigenvalue weighted by Crippen LogP contribution is -2.61. The van der Waals surface area contributed by atoms with E-state index in [1.165, 1.54) is 5.32 Å². The van der Waals surface area contributed by atoms with E-state index in [2.05, 4.69) is 16.1 Å². The number of benzene rings is 1. The second kappa shape index (κ2) is 9.22. The predicted octanol–water partition coefficient (Wildman–Crippen LogP) is 3.52. The number of halogens is 8. The van der Waals surface area contributed by atoms with Gasteiger partial charge in [-0.2, -0.15) is 43.5 Å². The zero-order valence-corrected chi connectivity index (χ0v) is 16.9. The molecular weight excluding hydrogens is 502 g/mol. The number of carbonyl (C=O) groups is 2. The van der Waals surface area contributed by atoms with Crippen molar-refractivity contribution in [3.63, 3.8) is 0 Å². The monoisotopic (exact) mass is 515 g/mol. The van der Waals surface area contributed by atoms with E-state index in [1.54, 1.807) is 0 Å². The van der Waals surface area contributed by atoms with Crippen LogP contribution in [0.4, 0.5) is 40.8 Å². The highest BCUT2D eigenvalue weighted by Crippen LogP contribution is 2.39. The number of alkyl halides is 8. The molecule has 0 aliphatic rings. The van der Waals surface area contributed by atoms with Gasteiger partial charge in [0.2, 0.25) is 0 Å². The quantitative estimate of drug-likeness (QED) is 0.179. The molecule has 2 N–H and O–H groups in total. The van der Waals surface area contributed by atoms with Crippen LogP contribution >= 0.6 is 0 Å². The second-order valence-electron chi connectivity index (χ2n) is 6.21. The van der Waals surface area contributed by atoms with Crippen molar-refractivity contribution >= 4 is 27.7 Å². The minimum Gasteiger partial charge on any atom is -0.412 e. The van der Waals surface area contributed by atoms with Crippen LogP contribution in [-0.2, 0) is 35.4 Å². The summed E-state index contributed by atoms with van der Waals surface area (Å²) in [5.41, 5.74) is -2.80. The first-order valence-corrected chi connectivity index (χ1v) is 9.51. The number of ether oxygens (including phenoxy) is 2. The summed E-state index contributed by atoms with van der Waals surface area (Å²) in [6, 6.07) is 1.65. The van der Waals surface area contributed by atoms with Gasteiger partial charge in [-0.3, -0.25) is 9.35 Å². The Labute approximate surface area is 179 Å². The van der Waals surface area contributed by atoms with E-state index in [9.17, 15) is 53.1 Å². The maximum atomic E-state index is 13.7. The Balaban J connectivity index is 3.46. The summed E-state index contributed by atoms with van der Waals surface area (Å²) in [6.45, 7) is 0.897. The van der Waals surface area contributed by atoms with E-state index in [0.717, 1.165) is 6.92 Å². The fraction of sp³-hybridized carbons (Fsp3) is 0.375. The highest BCUT2D eigenvalue weighted by atomic mass is 32.2. The van der Waals surface area contributed by atoms with Gasteiger partial charge in [0.1, 0.15) is 6.61 Å². The SMILES string of the molecule is C=C(C)C(=O)OC(OCC(F)(F)S(=O)(=O)O)(C(=O)Nc1ccc(C(F)(F)F)cc1)C(F)(F)F. The Morgan fingerprint density at radius 2 is 1.52 bits per heavy atom. The highest BCUT2D eigenvalue weighted by Gasteiger charge is 2.68. The van der Waals surface area contributed by atoms with Crippen molar-refractivity contribution in [2.45, 2.75) is 30.3 Å². The van der Waals surface area contributed by atoms with Gasteiger partial charge in [-0.25, -0.2) is 4.79 Å². The normalized spacial score (nSPS) is 14.8. The predicted molar refractivity (Wildman–Crippen MR) is 92.2 cm³/mol. The summed E-state index contributed by atoms with van der Waals surface area (Å²) < 4.78 is 143. The molecule has 0 aliphatic heterocycles. The van der Waals surface area contributed by atoms with Gasteiger partial charge >= 0.3 is 45.4 Å². The zero-order valence-electron chi connectivity index (χ0n) is 16.1. The van der Waals surface area contributed by atoms with Crippen LogP contribution in [0, 0.1) is 0 Å². The first-order chi connectivity index (χ1) is 14.6. The molecule has 0 spiro atoms.